The summed E-state index contributed by atoms with van der Waals surface area (Å²) in [6, 6.07) is 0. The van der Waals surface area contributed by atoms with Gasteiger partial charge in [0.25, 0.3) is 0 Å². The summed E-state index contributed by atoms with van der Waals surface area (Å²) in [6.07, 6.45) is 0.783. The van der Waals surface area contributed by atoms with Crippen molar-refractivity contribution in [3.8, 4) is 0 Å². The lowest BCUT2D eigenvalue weighted by molar-refractivity contribution is -0.123. The van der Waals surface area contributed by atoms with Crippen LogP contribution in [0.5, 0.6) is 0 Å². The van der Waals surface area contributed by atoms with Gasteiger partial charge < -0.3 is 4.74 Å². The Morgan fingerprint density at radius 1 is 1.27 bits per heavy atom. The number of hydrogen-bond donors (Lipinski definition) is 0. The van der Waals surface area contributed by atoms with Crippen LogP contribution in [0.4, 0.5) is 0 Å². The molecule has 0 heterocycles. The lowest BCUT2D eigenvalue weighted by Crippen LogP contribution is -2.12. The second-order valence-electron chi connectivity index (χ2n) is 3.29. The normalized spacial score (nSPS) is 11.1. The van der Waals surface area contributed by atoms with Crippen molar-refractivity contribution >= 4 is 5.78 Å². The molecule has 66 valence electrons. The van der Waals surface area contributed by atoms with Crippen LogP contribution in [-0.2, 0) is 9.53 Å². The quantitative estimate of drug-likeness (QED) is 0.612. The molecule has 2 nitrogen and oxygen atoms in total. The fourth-order valence-electron chi connectivity index (χ4n) is 0.684. The summed E-state index contributed by atoms with van der Waals surface area (Å²) < 4.78 is 5.24. The number of ether oxygens (including phenoxy) is 1. The second kappa shape index (κ2) is 5.30. The zero-order chi connectivity index (χ0) is 8.85. The Labute approximate surface area is 68.9 Å². The summed E-state index contributed by atoms with van der Waals surface area (Å²) in [5.74, 6) is 0.427. The van der Waals surface area contributed by atoms with Gasteiger partial charge in [-0.3, -0.25) is 4.79 Å². The molecule has 0 radical (unpaired) electrons. The van der Waals surface area contributed by atoms with Crippen molar-refractivity contribution in [2.75, 3.05) is 6.61 Å². The molecule has 0 aliphatic heterocycles. The van der Waals surface area contributed by atoms with Crippen LogP contribution in [0, 0.1) is 5.92 Å². The van der Waals surface area contributed by atoms with Crippen molar-refractivity contribution in [1.29, 1.82) is 0 Å². The van der Waals surface area contributed by atoms with E-state index in [1.165, 1.54) is 0 Å². The minimum Gasteiger partial charge on any atom is -0.378 e. The van der Waals surface area contributed by atoms with Gasteiger partial charge in [-0.15, -0.1) is 0 Å². The van der Waals surface area contributed by atoms with Crippen molar-refractivity contribution in [1.82, 2.24) is 0 Å². The molecule has 0 aromatic rings. The van der Waals surface area contributed by atoms with E-state index in [2.05, 4.69) is 0 Å². The molecule has 11 heavy (non-hydrogen) atoms. The summed E-state index contributed by atoms with van der Waals surface area (Å²) in [7, 11) is 0. The molecule has 0 saturated carbocycles. The Kier molecular flexibility index (Phi) is 5.12. The highest BCUT2D eigenvalue weighted by atomic mass is 16.5. The fraction of sp³-hybridized carbons (Fsp3) is 0.889. The first-order chi connectivity index (χ1) is 5.04. The van der Waals surface area contributed by atoms with E-state index in [1.807, 2.05) is 27.7 Å². The Hall–Kier alpha value is -0.370. The molecule has 2 heteroatoms. The van der Waals surface area contributed by atoms with Gasteiger partial charge in [0.05, 0.1) is 12.7 Å². The minimum absolute atomic E-state index is 0.144. The molecule has 0 fully saturated rings. The van der Waals surface area contributed by atoms with Gasteiger partial charge in [0.2, 0.25) is 0 Å². The maximum Gasteiger partial charge on any atom is 0.137 e. The number of carbonyl (C=O) groups excluding carboxylic acids is 1. The van der Waals surface area contributed by atoms with Crippen molar-refractivity contribution in [2.24, 2.45) is 5.92 Å². The molecule has 0 rings (SSSR count). The highest BCUT2D eigenvalue weighted by Crippen LogP contribution is 1.99. The molecular formula is C9H18O2. The molecule has 0 amide bonds. The van der Waals surface area contributed by atoms with Gasteiger partial charge in [-0.25, -0.2) is 0 Å². The molecule has 0 aromatic carbocycles. The topological polar surface area (TPSA) is 26.3 Å². The largest absolute Gasteiger partial charge is 0.378 e. The highest BCUT2D eigenvalue weighted by molar-refractivity contribution is 5.80. The Balaban J connectivity index is 3.32. The summed E-state index contributed by atoms with van der Waals surface area (Å²) >= 11 is 0. The lowest BCUT2D eigenvalue weighted by atomic mass is 10.1. The molecular weight excluding hydrogens is 140 g/mol. The van der Waals surface area contributed by atoms with Crippen LogP contribution in [0.1, 0.15) is 34.1 Å². The molecule has 0 aliphatic rings. The van der Waals surface area contributed by atoms with E-state index in [4.69, 9.17) is 4.74 Å². The van der Waals surface area contributed by atoms with E-state index in [-0.39, 0.29) is 17.8 Å². The van der Waals surface area contributed by atoms with E-state index in [9.17, 15) is 4.79 Å². The minimum atomic E-state index is 0.144. The maximum absolute atomic E-state index is 11.0. The monoisotopic (exact) mass is 158 g/mol. The van der Waals surface area contributed by atoms with Gasteiger partial charge in [-0.2, -0.15) is 0 Å². The summed E-state index contributed by atoms with van der Waals surface area (Å²) in [6.45, 7) is 8.34. The van der Waals surface area contributed by atoms with Crippen molar-refractivity contribution in [3.05, 3.63) is 0 Å². The number of carbonyl (C=O) groups is 1. The predicted molar refractivity (Wildman–Crippen MR) is 45.6 cm³/mol. The molecule has 0 aliphatic carbocycles. The Bertz CT molecular complexity index is 117. The molecule has 0 N–H and O–H groups in total. The first kappa shape index (κ1) is 10.6. The standard InChI is InChI=1S/C9H18O2/c1-7(2)9(10)5-6-11-8(3)4/h7-8H,5-6H2,1-4H3. The third-order valence-electron chi connectivity index (χ3n) is 1.44. The van der Waals surface area contributed by atoms with E-state index in [0.717, 1.165) is 0 Å². The maximum atomic E-state index is 11.0. The van der Waals surface area contributed by atoms with Crippen LogP contribution in [0.3, 0.4) is 0 Å². The molecule has 0 bridgehead atoms. The first-order valence-electron chi connectivity index (χ1n) is 4.18. The van der Waals surface area contributed by atoms with Crippen LogP contribution in [0.2, 0.25) is 0 Å². The van der Waals surface area contributed by atoms with Crippen molar-refractivity contribution in [2.45, 2.75) is 40.2 Å². The van der Waals surface area contributed by atoms with E-state index >= 15 is 0 Å². The van der Waals surface area contributed by atoms with Crippen LogP contribution in [-0.4, -0.2) is 18.5 Å². The number of ketones is 1. The second-order valence-corrected chi connectivity index (χ2v) is 3.29. The molecule has 0 spiro atoms. The van der Waals surface area contributed by atoms with Gasteiger partial charge in [-0.1, -0.05) is 13.8 Å². The van der Waals surface area contributed by atoms with Gasteiger partial charge in [0.15, 0.2) is 0 Å². The predicted octanol–water partition coefficient (Wildman–Crippen LogP) is 2.03. The zero-order valence-corrected chi connectivity index (χ0v) is 7.89. The van der Waals surface area contributed by atoms with E-state index in [1.54, 1.807) is 0 Å². The van der Waals surface area contributed by atoms with E-state index < -0.39 is 0 Å². The van der Waals surface area contributed by atoms with Gasteiger partial charge >= 0.3 is 0 Å². The fourth-order valence-corrected chi connectivity index (χ4v) is 0.684. The van der Waals surface area contributed by atoms with Crippen LogP contribution in [0.15, 0.2) is 0 Å². The van der Waals surface area contributed by atoms with Gasteiger partial charge in [0, 0.05) is 12.3 Å². The molecule has 0 unspecified atom stereocenters. The zero-order valence-electron chi connectivity index (χ0n) is 7.89. The highest BCUT2D eigenvalue weighted by Gasteiger charge is 2.06. The average molecular weight is 158 g/mol. The SMILES string of the molecule is CC(C)OCCC(=O)C(C)C. The van der Waals surface area contributed by atoms with E-state index in [0.29, 0.717) is 13.0 Å². The lowest BCUT2D eigenvalue weighted by Gasteiger charge is -2.07. The smallest absolute Gasteiger partial charge is 0.137 e. The van der Waals surface area contributed by atoms with Crippen LogP contribution in [0.25, 0.3) is 0 Å². The Morgan fingerprint density at radius 3 is 2.18 bits per heavy atom. The number of rotatable bonds is 5. The number of hydrogen-bond acceptors (Lipinski definition) is 2. The number of Topliss-reactive ketones (excluding diaryl/α,β-unsaturated/α-hetero) is 1. The average Bonchev–Trinajstić information content (AvgIpc) is 1.86. The molecule has 0 aromatic heterocycles. The first-order valence-corrected chi connectivity index (χ1v) is 4.18. The summed E-state index contributed by atoms with van der Waals surface area (Å²) in [4.78, 5) is 11.0. The van der Waals surface area contributed by atoms with Gasteiger partial charge in [-0.05, 0) is 13.8 Å². The van der Waals surface area contributed by atoms with Crippen LogP contribution >= 0.6 is 0 Å². The van der Waals surface area contributed by atoms with Crippen molar-refractivity contribution < 1.29 is 9.53 Å². The molecule has 0 saturated heterocycles. The van der Waals surface area contributed by atoms with Crippen molar-refractivity contribution in [3.63, 3.8) is 0 Å². The molecule has 0 atom stereocenters. The Morgan fingerprint density at radius 2 is 1.82 bits per heavy atom. The third kappa shape index (κ3) is 6.05. The summed E-state index contributed by atoms with van der Waals surface area (Å²) in [5, 5.41) is 0. The summed E-state index contributed by atoms with van der Waals surface area (Å²) in [5.41, 5.74) is 0. The third-order valence-corrected chi connectivity index (χ3v) is 1.44. The van der Waals surface area contributed by atoms with Crippen LogP contribution < -0.4 is 0 Å². The van der Waals surface area contributed by atoms with Gasteiger partial charge in [0.1, 0.15) is 5.78 Å².